The molecule has 1 N–H and O–H groups in total. The maximum atomic E-state index is 12.7. The van der Waals surface area contributed by atoms with Crippen molar-refractivity contribution in [3.05, 3.63) is 78.4 Å². The lowest BCUT2D eigenvalue weighted by Crippen LogP contribution is -2.11. The molecule has 0 saturated heterocycles. The predicted octanol–water partition coefficient (Wildman–Crippen LogP) is 4.92. The molecule has 6 heteroatoms. The van der Waals surface area contributed by atoms with E-state index in [1.807, 2.05) is 30.3 Å². The molecule has 3 aromatic carbocycles. The van der Waals surface area contributed by atoms with Gasteiger partial charge in [-0.3, -0.25) is 0 Å². The average molecular weight is 393 g/mol. The zero-order chi connectivity index (χ0) is 19.7. The van der Waals surface area contributed by atoms with Gasteiger partial charge < -0.3 is 13.9 Å². The molecule has 4 rings (SSSR count). The summed E-state index contributed by atoms with van der Waals surface area (Å²) in [7, 11) is -2.48. The van der Waals surface area contributed by atoms with Gasteiger partial charge in [-0.25, -0.2) is 0 Å². The molecule has 0 fully saturated rings. The van der Waals surface area contributed by atoms with E-state index in [1.54, 1.807) is 43.3 Å². The summed E-state index contributed by atoms with van der Waals surface area (Å²) in [6.45, 7) is 1.73. The summed E-state index contributed by atoms with van der Waals surface area (Å²) >= 11 is 0. The van der Waals surface area contributed by atoms with Crippen LogP contribution in [-0.2, 0) is 10.1 Å². The van der Waals surface area contributed by atoms with Crippen LogP contribution in [0.4, 0.5) is 0 Å². The van der Waals surface area contributed by atoms with Crippen molar-refractivity contribution in [3.63, 3.8) is 0 Å². The smallest absolute Gasteiger partial charge is 0.339 e. The molecule has 28 heavy (non-hydrogen) atoms. The van der Waals surface area contributed by atoms with Gasteiger partial charge in [-0.15, -0.1) is 0 Å². The lowest BCUT2D eigenvalue weighted by atomic mass is 10.1. The summed E-state index contributed by atoms with van der Waals surface area (Å²) in [6, 6.07) is 21.9. The number of rotatable bonds is 5. The number of nitrogens with one attached hydrogen (secondary N) is 1. The van der Waals surface area contributed by atoms with Crippen LogP contribution in [-0.4, -0.2) is 20.5 Å². The van der Waals surface area contributed by atoms with Crippen LogP contribution in [0.5, 0.6) is 11.5 Å². The van der Waals surface area contributed by atoms with Crippen LogP contribution in [0.15, 0.2) is 77.7 Å². The molecule has 0 bridgehead atoms. The van der Waals surface area contributed by atoms with Gasteiger partial charge in [0.2, 0.25) is 0 Å². The molecule has 1 aromatic heterocycles. The lowest BCUT2D eigenvalue weighted by Gasteiger charge is -2.13. The summed E-state index contributed by atoms with van der Waals surface area (Å²) in [6.07, 6.45) is 0. The van der Waals surface area contributed by atoms with Gasteiger partial charge in [0.05, 0.1) is 7.11 Å². The van der Waals surface area contributed by atoms with Gasteiger partial charge in [0, 0.05) is 22.2 Å². The second-order valence-corrected chi connectivity index (χ2v) is 7.95. The summed E-state index contributed by atoms with van der Waals surface area (Å²) in [4.78, 5) is 3.49. The monoisotopic (exact) mass is 393 g/mol. The van der Waals surface area contributed by atoms with E-state index in [9.17, 15) is 8.42 Å². The first kappa shape index (κ1) is 18.1. The number of aryl methyl sites for hydroxylation is 1. The summed E-state index contributed by atoms with van der Waals surface area (Å²) in [5.74, 6) is 0.485. The van der Waals surface area contributed by atoms with E-state index >= 15 is 0 Å². The van der Waals surface area contributed by atoms with Crippen molar-refractivity contribution in [2.24, 2.45) is 0 Å². The fourth-order valence-corrected chi connectivity index (χ4v) is 4.30. The number of H-pyrrole nitrogens is 1. The predicted molar refractivity (Wildman–Crippen MR) is 109 cm³/mol. The molecule has 0 spiro atoms. The fourth-order valence-electron chi connectivity index (χ4n) is 3.13. The minimum absolute atomic E-state index is 0.136. The Bertz CT molecular complexity index is 1230. The van der Waals surface area contributed by atoms with Gasteiger partial charge >= 0.3 is 10.1 Å². The molecule has 0 aliphatic carbocycles. The Kier molecular flexibility index (Phi) is 4.57. The van der Waals surface area contributed by atoms with Crippen molar-refractivity contribution >= 4 is 21.0 Å². The molecule has 0 aliphatic heterocycles. The van der Waals surface area contributed by atoms with E-state index < -0.39 is 10.1 Å². The number of hydrogen-bond acceptors (Lipinski definition) is 4. The van der Waals surface area contributed by atoms with E-state index in [4.69, 9.17) is 8.92 Å². The largest absolute Gasteiger partial charge is 0.493 e. The normalized spacial score (nSPS) is 11.5. The van der Waals surface area contributed by atoms with E-state index in [1.165, 1.54) is 13.2 Å². The number of aromatic nitrogens is 1. The molecule has 5 nitrogen and oxygen atoms in total. The highest BCUT2D eigenvalue weighted by Crippen LogP contribution is 2.35. The highest BCUT2D eigenvalue weighted by Gasteiger charge is 2.21. The van der Waals surface area contributed by atoms with Crippen LogP contribution < -0.4 is 8.92 Å². The number of ether oxygens (including phenoxy) is 1. The van der Waals surface area contributed by atoms with E-state index in [0.29, 0.717) is 11.3 Å². The van der Waals surface area contributed by atoms with Crippen molar-refractivity contribution in [2.45, 2.75) is 11.8 Å². The topological polar surface area (TPSA) is 68.4 Å². The molecule has 0 radical (unpaired) electrons. The first-order chi connectivity index (χ1) is 13.5. The Hall–Kier alpha value is -3.25. The fraction of sp³-hybridized carbons (Fsp3) is 0.0909. The standard InChI is InChI=1S/C22H19NO4S/c1-15-7-3-6-10-22(15)28(24,25)27-20-12-11-17(14-21(20)26-2)19-13-16-8-4-5-9-18(16)23-19/h3-14,23H,1-2H3. The zero-order valence-corrected chi connectivity index (χ0v) is 16.3. The van der Waals surface area contributed by atoms with Crippen molar-refractivity contribution in [3.8, 4) is 22.8 Å². The van der Waals surface area contributed by atoms with Crippen molar-refractivity contribution in [1.82, 2.24) is 4.98 Å². The van der Waals surface area contributed by atoms with Gasteiger partial charge in [-0.1, -0.05) is 36.4 Å². The zero-order valence-electron chi connectivity index (χ0n) is 15.5. The Labute approximate surface area is 163 Å². The number of benzene rings is 3. The van der Waals surface area contributed by atoms with Crippen LogP contribution in [0.1, 0.15) is 5.56 Å². The maximum absolute atomic E-state index is 12.7. The third-order valence-corrected chi connectivity index (χ3v) is 5.96. The summed E-state index contributed by atoms with van der Waals surface area (Å²) in [5.41, 5.74) is 3.43. The number of para-hydroxylation sites is 1. The maximum Gasteiger partial charge on any atom is 0.339 e. The lowest BCUT2D eigenvalue weighted by molar-refractivity contribution is 0.390. The third kappa shape index (κ3) is 3.34. The Morgan fingerprint density at radius 3 is 2.36 bits per heavy atom. The van der Waals surface area contributed by atoms with Crippen LogP contribution >= 0.6 is 0 Å². The second-order valence-electron chi connectivity index (χ2n) is 6.44. The van der Waals surface area contributed by atoms with E-state index in [0.717, 1.165) is 22.2 Å². The van der Waals surface area contributed by atoms with Crippen LogP contribution in [0.3, 0.4) is 0 Å². The van der Waals surface area contributed by atoms with Gasteiger partial charge in [-0.2, -0.15) is 8.42 Å². The summed E-state index contributed by atoms with van der Waals surface area (Å²) < 4.78 is 36.1. The van der Waals surface area contributed by atoms with Crippen LogP contribution in [0.2, 0.25) is 0 Å². The van der Waals surface area contributed by atoms with Gasteiger partial charge in [0.1, 0.15) is 4.90 Å². The minimum atomic E-state index is -3.96. The van der Waals surface area contributed by atoms with Gasteiger partial charge in [-0.05, 0) is 48.9 Å². The second kappa shape index (κ2) is 7.05. The van der Waals surface area contributed by atoms with Gasteiger partial charge in [0.15, 0.2) is 11.5 Å². The molecule has 0 aliphatic rings. The molecule has 142 valence electrons. The highest BCUT2D eigenvalue weighted by atomic mass is 32.2. The molecule has 0 unspecified atom stereocenters. The highest BCUT2D eigenvalue weighted by molar-refractivity contribution is 7.87. The number of methoxy groups -OCH3 is 1. The Morgan fingerprint density at radius 2 is 1.61 bits per heavy atom. The van der Waals surface area contributed by atoms with Crippen molar-refractivity contribution in [1.29, 1.82) is 0 Å². The molecule has 0 atom stereocenters. The third-order valence-electron chi connectivity index (χ3n) is 4.57. The number of hydrogen-bond donors (Lipinski definition) is 1. The Morgan fingerprint density at radius 1 is 0.857 bits per heavy atom. The average Bonchev–Trinajstić information content (AvgIpc) is 3.12. The molecule has 0 amide bonds. The van der Waals surface area contributed by atoms with E-state index in [-0.39, 0.29) is 10.6 Å². The molecule has 0 saturated carbocycles. The van der Waals surface area contributed by atoms with Crippen LogP contribution in [0, 0.1) is 6.92 Å². The number of fused-ring (bicyclic) bond motifs is 1. The Balaban J connectivity index is 1.70. The first-order valence-electron chi connectivity index (χ1n) is 8.74. The SMILES string of the molecule is COc1cc(-c2cc3ccccc3[nH]2)ccc1OS(=O)(=O)c1ccccc1C. The molecular weight excluding hydrogens is 374 g/mol. The first-order valence-corrected chi connectivity index (χ1v) is 10.1. The summed E-state index contributed by atoms with van der Waals surface area (Å²) in [5, 5.41) is 1.10. The van der Waals surface area contributed by atoms with E-state index in [2.05, 4.69) is 4.98 Å². The molecule has 1 heterocycles. The van der Waals surface area contributed by atoms with Crippen molar-refractivity contribution in [2.75, 3.05) is 7.11 Å². The van der Waals surface area contributed by atoms with Gasteiger partial charge in [0.25, 0.3) is 0 Å². The van der Waals surface area contributed by atoms with Crippen molar-refractivity contribution < 1.29 is 17.3 Å². The molecular formula is C22H19NO4S. The number of aromatic amines is 1. The molecule has 4 aromatic rings. The minimum Gasteiger partial charge on any atom is -0.493 e. The van der Waals surface area contributed by atoms with Crippen LogP contribution in [0.25, 0.3) is 22.2 Å². The quantitative estimate of drug-likeness (QED) is 0.489.